The molecule has 0 saturated heterocycles. The van der Waals surface area contributed by atoms with Crippen LogP contribution >= 0.6 is 0 Å². The Labute approximate surface area is 160 Å². The molecule has 0 aliphatic carbocycles. The number of benzene rings is 2. The Morgan fingerprint density at radius 3 is 2.28 bits per heavy atom. The van der Waals surface area contributed by atoms with Crippen LogP contribution in [0, 0.1) is 0 Å². The number of carboxylic acid groups (broad SMARTS) is 1. The van der Waals surface area contributed by atoms with Crippen LogP contribution in [0.5, 0.6) is 11.5 Å². The number of rotatable bonds is 9. The van der Waals surface area contributed by atoms with Crippen molar-refractivity contribution in [3.8, 4) is 11.5 Å². The zero-order valence-electron chi connectivity index (χ0n) is 15.0. The van der Waals surface area contributed by atoms with E-state index in [1.165, 1.54) is 0 Å². The van der Waals surface area contributed by atoms with Gasteiger partial charge in [-0.15, -0.1) is 0 Å². The second-order valence-electron chi connectivity index (χ2n) is 5.57. The molecule has 6 heteroatoms. The maximum atomic E-state index is 10.7. The van der Waals surface area contributed by atoms with Crippen molar-refractivity contribution >= 4 is 5.97 Å². The number of carboxylic acids is 1. The van der Waals surface area contributed by atoms with Crippen molar-refractivity contribution in [3.63, 3.8) is 0 Å². The van der Waals surface area contributed by atoms with Crippen molar-refractivity contribution in [3.05, 3.63) is 60.2 Å². The number of methoxy groups -OCH3 is 1. The molecule has 0 aromatic heterocycles. The first-order valence-corrected chi connectivity index (χ1v) is 7.83. The van der Waals surface area contributed by atoms with Crippen LogP contribution in [0.3, 0.4) is 0 Å². The Morgan fingerprint density at radius 1 is 1.08 bits per heavy atom. The first-order valence-electron chi connectivity index (χ1n) is 7.83. The fourth-order valence-corrected chi connectivity index (χ4v) is 2.47. The Kier molecular flexibility index (Phi) is 9.15. The molecule has 0 radical (unpaired) electrons. The molecule has 2 aromatic carbocycles. The molecule has 25 heavy (non-hydrogen) atoms. The topological polar surface area (TPSA) is 61.8 Å². The van der Waals surface area contributed by atoms with Gasteiger partial charge in [0.25, 0.3) is 0 Å². The summed E-state index contributed by atoms with van der Waals surface area (Å²) in [6, 6.07) is 17.3. The van der Waals surface area contributed by atoms with Gasteiger partial charge in [-0.1, -0.05) is 42.5 Å². The summed E-state index contributed by atoms with van der Waals surface area (Å²) in [6.45, 7) is 0.471. The molecular weight excluding hydrogens is 313 g/mol. The molecular formula is C19H22LiNO4. The van der Waals surface area contributed by atoms with Gasteiger partial charge in [-0.2, -0.15) is 0 Å². The molecule has 5 nitrogen and oxygen atoms in total. The summed E-state index contributed by atoms with van der Waals surface area (Å²) in [5, 5.41) is 10.7. The van der Waals surface area contributed by atoms with Gasteiger partial charge < -0.3 is 24.3 Å². The van der Waals surface area contributed by atoms with Gasteiger partial charge in [-0.25, -0.2) is 0 Å². The maximum Gasteiger partial charge on any atom is 1.00 e. The maximum absolute atomic E-state index is 10.7. The van der Waals surface area contributed by atoms with E-state index in [0.29, 0.717) is 24.5 Å². The molecule has 0 aliphatic rings. The third-order valence-corrected chi connectivity index (χ3v) is 3.68. The molecule has 0 heterocycles. The van der Waals surface area contributed by atoms with Crippen LogP contribution in [0.4, 0.5) is 0 Å². The molecule has 0 N–H and O–H groups in total. The summed E-state index contributed by atoms with van der Waals surface area (Å²) in [5.74, 6) is 0.248. The Bertz CT molecular complexity index is 651. The van der Waals surface area contributed by atoms with Crippen molar-refractivity contribution < 1.29 is 38.2 Å². The third kappa shape index (κ3) is 6.83. The number of likely N-dealkylation sites (N-methyl/N-ethyl adjacent to an activating group) is 1. The van der Waals surface area contributed by atoms with E-state index in [1.54, 1.807) is 19.1 Å². The number of nitrogens with zero attached hydrogens (tertiary/aromatic N) is 1. The largest absolute Gasteiger partial charge is 1.00 e. The minimum absolute atomic E-state index is 0. The van der Waals surface area contributed by atoms with Crippen LogP contribution in [0.1, 0.15) is 18.1 Å². The van der Waals surface area contributed by atoms with Gasteiger partial charge in [-0.3, -0.25) is 0 Å². The van der Waals surface area contributed by atoms with Crippen molar-refractivity contribution in [2.24, 2.45) is 0 Å². The van der Waals surface area contributed by atoms with Gasteiger partial charge in [0.2, 0.25) is 0 Å². The summed E-state index contributed by atoms with van der Waals surface area (Å²) in [7, 11) is 3.36. The molecule has 2 rings (SSSR count). The summed E-state index contributed by atoms with van der Waals surface area (Å²) in [5.41, 5.74) is 1.03. The van der Waals surface area contributed by atoms with Crippen molar-refractivity contribution in [2.45, 2.75) is 12.5 Å². The van der Waals surface area contributed by atoms with Crippen LogP contribution in [-0.4, -0.2) is 38.1 Å². The van der Waals surface area contributed by atoms with Gasteiger partial charge >= 0.3 is 18.9 Å². The van der Waals surface area contributed by atoms with E-state index in [0.717, 1.165) is 5.56 Å². The number of hydrogen-bond acceptors (Lipinski definition) is 5. The van der Waals surface area contributed by atoms with Crippen molar-refractivity contribution in [1.82, 2.24) is 4.90 Å². The number of carbonyl (C=O) groups excluding carboxylic acids is 1. The van der Waals surface area contributed by atoms with E-state index in [1.807, 2.05) is 54.6 Å². The second kappa shape index (κ2) is 10.8. The fraction of sp³-hybridized carbons (Fsp3) is 0.316. The van der Waals surface area contributed by atoms with Crippen LogP contribution in [-0.2, 0) is 4.79 Å². The van der Waals surface area contributed by atoms with Gasteiger partial charge in [0.15, 0.2) is 11.5 Å². The molecule has 128 valence electrons. The molecule has 0 bridgehead atoms. The van der Waals surface area contributed by atoms with E-state index in [4.69, 9.17) is 9.47 Å². The Morgan fingerprint density at radius 2 is 1.68 bits per heavy atom. The number of aliphatic carboxylic acids is 1. The van der Waals surface area contributed by atoms with E-state index in [2.05, 4.69) is 0 Å². The molecule has 0 spiro atoms. The van der Waals surface area contributed by atoms with Crippen LogP contribution in [0.15, 0.2) is 54.6 Å². The van der Waals surface area contributed by atoms with Crippen LogP contribution in [0.2, 0.25) is 0 Å². The van der Waals surface area contributed by atoms with E-state index < -0.39 is 5.97 Å². The summed E-state index contributed by atoms with van der Waals surface area (Å²) in [6.07, 6.45) is 0.443. The molecule has 0 fully saturated rings. The zero-order chi connectivity index (χ0) is 17.4. The minimum atomic E-state index is -1.08. The monoisotopic (exact) mass is 335 g/mol. The Hall–Kier alpha value is -1.93. The summed E-state index contributed by atoms with van der Waals surface area (Å²) >= 11 is 0. The van der Waals surface area contributed by atoms with E-state index in [-0.39, 0.29) is 31.5 Å². The molecule has 1 atom stereocenters. The number of hydrogen-bond donors (Lipinski definition) is 0. The molecule has 0 amide bonds. The van der Waals surface area contributed by atoms with Crippen LogP contribution < -0.4 is 33.4 Å². The molecule has 2 aromatic rings. The molecule has 0 saturated carbocycles. The minimum Gasteiger partial charge on any atom is -0.549 e. The standard InChI is InChI=1S/C19H23NO4.Li/c1-20(14-19(21)22)13-12-16(15-8-4-3-5-9-15)24-18-11-7-6-10-17(18)23-2;/h3-11,16H,12-14H2,1-2H3,(H,21,22);/q;+1/p-1. The van der Waals surface area contributed by atoms with Crippen LogP contribution in [0.25, 0.3) is 0 Å². The summed E-state index contributed by atoms with van der Waals surface area (Å²) in [4.78, 5) is 12.4. The first kappa shape index (κ1) is 21.1. The van der Waals surface area contributed by atoms with Crippen molar-refractivity contribution in [2.75, 3.05) is 27.2 Å². The normalized spacial score (nSPS) is 11.5. The van der Waals surface area contributed by atoms with E-state index >= 15 is 0 Å². The van der Waals surface area contributed by atoms with E-state index in [9.17, 15) is 9.90 Å². The Balaban J connectivity index is 0.00000312. The second-order valence-corrected chi connectivity index (χ2v) is 5.57. The summed E-state index contributed by atoms with van der Waals surface area (Å²) < 4.78 is 11.5. The van der Waals surface area contributed by atoms with Crippen molar-refractivity contribution in [1.29, 1.82) is 0 Å². The average Bonchev–Trinajstić information content (AvgIpc) is 2.59. The fourth-order valence-electron chi connectivity index (χ4n) is 2.47. The van der Waals surface area contributed by atoms with Gasteiger partial charge in [0.1, 0.15) is 6.10 Å². The number of carbonyl (C=O) groups is 1. The smallest absolute Gasteiger partial charge is 0.549 e. The van der Waals surface area contributed by atoms with Gasteiger partial charge in [-0.05, 0) is 24.7 Å². The van der Waals surface area contributed by atoms with Gasteiger partial charge in [0.05, 0.1) is 13.1 Å². The predicted octanol–water partition coefficient (Wildman–Crippen LogP) is -1.11. The quantitative estimate of drug-likeness (QED) is 0.544. The van der Waals surface area contributed by atoms with Gasteiger partial charge in [0, 0.05) is 19.5 Å². The third-order valence-electron chi connectivity index (χ3n) is 3.68. The molecule has 1 unspecified atom stereocenters. The predicted molar refractivity (Wildman–Crippen MR) is 89.9 cm³/mol. The SMILES string of the molecule is COc1ccccc1OC(CCN(C)CC(=O)[O-])c1ccccc1.[Li+]. The molecule has 0 aliphatic heterocycles. The first-order chi connectivity index (χ1) is 11.6. The number of para-hydroxylation sites is 2. The number of ether oxygens (including phenoxy) is 2. The zero-order valence-corrected chi connectivity index (χ0v) is 15.0. The average molecular weight is 335 g/mol.